The van der Waals surface area contributed by atoms with Crippen LogP contribution in [0.3, 0.4) is 0 Å². The molecule has 1 fully saturated rings. The number of halogens is 1. The van der Waals surface area contributed by atoms with Gasteiger partial charge in [0.25, 0.3) is 0 Å². The quantitative estimate of drug-likeness (QED) is 0.913. The standard InChI is InChI=1S/C15H18ClN3O/c1-15(2)12(8-13(15)20)18-11-5-3-4-10(16)14(11)19-7-6-17-9-19/h3-7,9,12-13,18,20H,8H2,1-2H3. The van der Waals surface area contributed by atoms with Crippen LogP contribution in [-0.2, 0) is 0 Å². The maximum absolute atomic E-state index is 9.85. The molecule has 1 aliphatic carbocycles. The van der Waals surface area contributed by atoms with E-state index in [2.05, 4.69) is 24.1 Å². The molecule has 1 heterocycles. The molecule has 0 spiro atoms. The van der Waals surface area contributed by atoms with Gasteiger partial charge in [-0.25, -0.2) is 4.98 Å². The average molecular weight is 292 g/mol. The number of hydrogen-bond donors (Lipinski definition) is 2. The van der Waals surface area contributed by atoms with E-state index in [0.29, 0.717) is 5.02 Å². The predicted molar refractivity (Wildman–Crippen MR) is 80.4 cm³/mol. The van der Waals surface area contributed by atoms with E-state index in [1.54, 1.807) is 12.5 Å². The summed E-state index contributed by atoms with van der Waals surface area (Å²) >= 11 is 6.33. The summed E-state index contributed by atoms with van der Waals surface area (Å²) < 4.78 is 1.90. The largest absolute Gasteiger partial charge is 0.392 e. The minimum Gasteiger partial charge on any atom is -0.392 e. The number of aliphatic hydroxyl groups is 1. The van der Waals surface area contributed by atoms with Crippen LogP contribution in [0.15, 0.2) is 36.9 Å². The first kappa shape index (κ1) is 13.5. The second-order valence-electron chi connectivity index (χ2n) is 5.88. The molecule has 0 saturated heterocycles. The van der Waals surface area contributed by atoms with E-state index in [0.717, 1.165) is 17.8 Å². The number of hydrogen-bond acceptors (Lipinski definition) is 3. The lowest BCUT2D eigenvalue weighted by Gasteiger charge is -2.50. The van der Waals surface area contributed by atoms with Crippen LogP contribution in [0.2, 0.25) is 5.02 Å². The van der Waals surface area contributed by atoms with Gasteiger partial charge in [0, 0.05) is 23.9 Å². The molecule has 2 unspecified atom stereocenters. The zero-order valence-electron chi connectivity index (χ0n) is 11.5. The summed E-state index contributed by atoms with van der Waals surface area (Å²) in [5.41, 5.74) is 1.72. The summed E-state index contributed by atoms with van der Waals surface area (Å²) in [6, 6.07) is 6.02. The lowest BCUT2D eigenvalue weighted by atomic mass is 9.64. The highest BCUT2D eigenvalue weighted by molar-refractivity contribution is 6.33. The van der Waals surface area contributed by atoms with Gasteiger partial charge in [-0.05, 0) is 18.6 Å². The number of nitrogens with zero attached hydrogens (tertiary/aromatic N) is 2. The molecule has 0 radical (unpaired) electrons. The Kier molecular flexibility index (Phi) is 3.22. The number of aromatic nitrogens is 2. The number of nitrogens with one attached hydrogen (secondary N) is 1. The molecule has 1 saturated carbocycles. The lowest BCUT2D eigenvalue weighted by molar-refractivity contribution is -0.0510. The summed E-state index contributed by atoms with van der Waals surface area (Å²) in [7, 11) is 0. The minimum absolute atomic E-state index is 0.130. The van der Waals surface area contributed by atoms with Gasteiger partial charge in [-0.3, -0.25) is 0 Å². The molecule has 1 aliphatic rings. The fraction of sp³-hybridized carbons (Fsp3) is 0.400. The lowest BCUT2D eigenvalue weighted by Crippen LogP contribution is -2.57. The van der Waals surface area contributed by atoms with Crippen LogP contribution >= 0.6 is 11.6 Å². The summed E-state index contributed by atoms with van der Waals surface area (Å²) in [4.78, 5) is 4.07. The first-order valence-electron chi connectivity index (χ1n) is 6.71. The van der Waals surface area contributed by atoms with Crippen molar-refractivity contribution in [2.24, 2.45) is 5.41 Å². The molecule has 0 amide bonds. The summed E-state index contributed by atoms with van der Waals surface area (Å²) in [6.45, 7) is 4.14. The minimum atomic E-state index is -0.254. The molecule has 2 atom stereocenters. The molecule has 20 heavy (non-hydrogen) atoms. The van der Waals surface area contributed by atoms with Gasteiger partial charge in [-0.2, -0.15) is 0 Å². The maximum atomic E-state index is 9.85. The number of anilines is 1. The van der Waals surface area contributed by atoms with Crippen molar-refractivity contribution in [1.29, 1.82) is 0 Å². The van der Waals surface area contributed by atoms with Crippen molar-refractivity contribution in [1.82, 2.24) is 9.55 Å². The molecule has 2 N–H and O–H groups in total. The number of para-hydroxylation sites is 1. The van der Waals surface area contributed by atoms with E-state index >= 15 is 0 Å². The Hall–Kier alpha value is -1.52. The smallest absolute Gasteiger partial charge is 0.0992 e. The third-order valence-electron chi connectivity index (χ3n) is 4.30. The fourth-order valence-electron chi connectivity index (χ4n) is 2.62. The highest BCUT2D eigenvalue weighted by atomic mass is 35.5. The monoisotopic (exact) mass is 291 g/mol. The summed E-state index contributed by atoms with van der Waals surface area (Å²) in [6.07, 6.45) is 5.82. The van der Waals surface area contributed by atoms with Crippen molar-refractivity contribution >= 4 is 17.3 Å². The summed E-state index contributed by atoms with van der Waals surface area (Å²) in [5.74, 6) is 0. The highest BCUT2D eigenvalue weighted by Crippen LogP contribution is 2.43. The maximum Gasteiger partial charge on any atom is 0.0992 e. The van der Waals surface area contributed by atoms with Crippen molar-refractivity contribution in [2.45, 2.75) is 32.4 Å². The molecular formula is C15H18ClN3O. The molecule has 1 aromatic carbocycles. The van der Waals surface area contributed by atoms with E-state index in [1.807, 2.05) is 29.0 Å². The average Bonchev–Trinajstić information content (AvgIpc) is 2.92. The van der Waals surface area contributed by atoms with Gasteiger partial charge < -0.3 is 15.0 Å². The normalized spacial score (nSPS) is 24.2. The van der Waals surface area contributed by atoms with Crippen LogP contribution in [-0.4, -0.2) is 26.8 Å². The predicted octanol–water partition coefficient (Wildman–Crippen LogP) is 3.10. The Morgan fingerprint density at radius 1 is 1.45 bits per heavy atom. The van der Waals surface area contributed by atoms with Crippen molar-refractivity contribution in [3.63, 3.8) is 0 Å². The SMILES string of the molecule is CC1(C)C(O)CC1Nc1cccc(Cl)c1-n1ccnc1. The Balaban J connectivity index is 1.93. The second-order valence-corrected chi connectivity index (χ2v) is 6.28. The van der Waals surface area contributed by atoms with Crippen molar-refractivity contribution in [2.75, 3.05) is 5.32 Å². The first-order chi connectivity index (χ1) is 9.50. The number of benzene rings is 1. The van der Waals surface area contributed by atoms with E-state index in [9.17, 15) is 5.11 Å². The first-order valence-corrected chi connectivity index (χ1v) is 7.09. The van der Waals surface area contributed by atoms with Gasteiger partial charge in [-0.15, -0.1) is 0 Å². The van der Waals surface area contributed by atoms with Gasteiger partial charge in [0.05, 0.1) is 28.8 Å². The Bertz CT molecular complexity index is 610. The molecule has 0 bridgehead atoms. The molecule has 3 rings (SSSR count). The third kappa shape index (κ3) is 2.09. The molecule has 4 nitrogen and oxygen atoms in total. The van der Waals surface area contributed by atoms with E-state index < -0.39 is 0 Å². The number of imidazole rings is 1. The van der Waals surface area contributed by atoms with Crippen LogP contribution in [0.25, 0.3) is 5.69 Å². The van der Waals surface area contributed by atoms with Crippen LogP contribution < -0.4 is 5.32 Å². The van der Waals surface area contributed by atoms with E-state index in [-0.39, 0.29) is 17.6 Å². The Labute approximate surface area is 123 Å². The zero-order chi connectivity index (χ0) is 14.3. The topological polar surface area (TPSA) is 50.1 Å². The van der Waals surface area contributed by atoms with Crippen molar-refractivity contribution in [3.05, 3.63) is 41.9 Å². The summed E-state index contributed by atoms with van der Waals surface area (Å²) in [5, 5.41) is 14.0. The molecule has 106 valence electrons. The van der Waals surface area contributed by atoms with Gasteiger partial charge in [-0.1, -0.05) is 31.5 Å². The third-order valence-corrected chi connectivity index (χ3v) is 4.60. The van der Waals surface area contributed by atoms with Crippen molar-refractivity contribution in [3.8, 4) is 5.69 Å². The Morgan fingerprint density at radius 2 is 2.25 bits per heavy atom. The van der Waals surface area contributed by atoms with Crippen LogP contribution in [0.5, 0.6) is 0 Å². The molecule has 5 heteroatoms. The van der Waals surface area contributed by atoms with E-state index in [1.165, 1.54) is 0 Å². The van der Waals surface area contributed by atoms with Gasteiger partial charge in [0.2, 0.25) is 0 Å². The molecule has 0 aliphatic heterocycles. The van der Waals surface area contributed by atoms with Crippen molar-refractivity contribution < 1.29 is 5.11 Å². The highest BCUT2D eigenvalue weighted by Gasteiger charge is 2.47. The molecule has 2 aromatic rings. The van der Waals surface area contributed by atoms with Crippen LogP contribution in [0, 0.1) is 5.41 Å². The molecule has 1 aromatic heterocycles. The van der Waals surface area contributed by atoms with E-state index in [4.69, 9.17) is 11.6 Å². The number of rotatable bonds is 3. The van der Waals surface area contributed by atoms with Gasteiger partial charge in [0.1, 0.15) is 0 Å². The van der Waals surface area contributed by atoms with Crippen LogP contribution in [0.4, 0.5) is 5.69 Å². The van der Waals surface area contributed by atoms with Gasteiger partial charge in [0.15, 0.2) is 0 Å². The van der Waals surface area contributed by atoms with Gasteiger partial charge >= 0.3 is 0 Å². The zero-order valence-corrected chi connectivity index (χ0v) is 12.3. The van der Waals surface area contributed by atoms with Crippen LogP contribution in [0.1, 0.15) is 20.3 Å². The number of aliphatic hydroxyl groups excluding tert-OH is 1. The second kappa shape index (κ2) is 4.79. The Morgan fingerprint density at radius 3 is 2.85 bits per heavy atom. The fourth-order valence-corrected chi connectivity index (χ4v) is 2.89. The molecular weight excluding hydrogens is 274 g/mol.